The van der Waals surface area contributed by atoms with Gasteiger partial charge < -0.3 is 24.3 Å². The monoisotopic (exact) mass is 557 g/mol. The lowest BCUT2D eigenvalue weighted by molar-refractivity contribution is -0.131. The lowest BCUT2D eigenvalue weighted by Crippen LogP contribution is -2.55. The Bertz CT molecular complexity index is 1500. The van der Waals surface area contributed by atoms with Crippen molar-refractivity contribution in [3.05, 3.63) is 65.6 Å². The van der Waals surface area contributed by atoms with Crippen LogP contribution in [-0.4, -0.2) is 85.1 Å². The first-order valence-corrected chi connectivity index (χ1v) is 13.9. The summed E-state index contributed by atoms with van der Waals surface area (Å²) in [6.07, 6.45) is 0.817. The second kappa shape index (κ2) is 12.1. The maximum atomic E-state index is 13.7. The number of fused-ring (bicyclic) bond motifs is 2. The number of anilines is 2. The fourth-order valence-corrected chi connectivity index (χ4v) is 5.76. The predicted octanol–water partition coefficient (Wildman–Crippen LogP) is 3.86. The Morgan fingerprint density at radius 3 is 2.68 bits per heavy atom. The summed E-state index contributed by atoms with van der Waals surface area (Å²) in [6.45, 7) is 8.94. The third kappa shape index (κ3) is 5.95. The normalized spacial score (nSPS) is 17.0. The molecule has 1 amide bonds. The van der Waals surface area contributed by atoms with Crippen molar-refractivity contribution in [2.75, 3.05) is 63.2 Å². The first-order chi connectivity index (χ1) is 19.8. The zero-order valence-electron chi connectivity index (χ0n) is 23.9. The van der Waals surface area contributed by atoms with E-state index in [1.807, 2.05) is 19.0 Å². The first kappa shape index (κ1) is 28.3. The van der Waals surface area contributed by atoms with Crippen molar-refractivity contribution >= 4 is 28.2 Å². The molecule has 0 saturated carbocycles. The quantitative estimate of drug-likeness (QED) is 0.386. The third-order valence-corrected chi connectivity index (χ3v) is 7.83. The number of nitriles is 1. The standard InChI is InChI=1S/C31H36FN7O2/c1-21-7-5-8-23-9-6-10-27(28(21)23)37-14-12-25-26(20-37)34-31(41-18-17-36(3)4)35-29(25)38-15-16-39(30(40)22(2)32)24(19-38)11-13-33/h5-10,24H,2,11-12,14-20H2,1,3-4H3/t24-/m0/s1. The van der Waals surface area contributed by atoms with E-state index in [2.05, 4.69) is 65.8 Å². The Hall–Kier alpha value is -4.23. The molecule has 0 bridgehead atoms. The number of carbonyl (C=O) groups is 1. The number of aryl methyl sites for hydroxylation is 1. The van der Waals surface area contributed by atoms with Crippen molar-refractivity contribution in [1.82, 2.24) is 19.8 Å². The van der Waals surface area contributed by atoms with Crippen molar-refractivity contribution in [2.45, 2.75) is 32.4 Å². The van der Waals surface area contributed by atoms with Gasteiger partial charge in [-0.15, -0.1) is 0 Å². The number of likely N-dealkylation sites (N-methyl/N-ethyl adjacent to an activating group) is 1. The zero-order chi connectivity index (χ0) is 29.1. The van der Waals surface area contributed by atoms with Crippen LogP contribution in [0.5, 0.6) is 6.01 Å². The molecule has 41 heavy (non-hydrogen) atoms. The predicted molar refractivity (Wildman–Crippen MR) is 158 cm³/mol. The van der Waals surface area contributed by atoms with Gasteiger partial charge in [0.05, 0.1) is 30.8 Å². The number of halogens is 1. The van der Waals surface area contributed by atoms with E-state index >= 15 is 0 Å². The largest absolute Gasteiger partial charge is 0.462 e. The molecule has 0 spiro atoms. The molecule has 214 valence electrons. The highest BCUT2D eigenvalue weighted by molar-refractivity contribution is 5.97. The van der Waals surface area contributed by atoms with Crippen LogP contribution in [0.15, 0.2) is 48.8 Å². The number of hydrogen-bond donors (Lipinski definition) is 0. The molecule has 5 rings (SSSR count). The number of ether oxygens (including phenoxy) is 1. The Morgan fingerprint density at radius 1 is 1.17 bits per heavy atom. The van der Waals surface area contributed by atoms with Crippen LogP contribution < -0.4 is 14.5 Å². The maximum Gasteiger partial charge on any atom is 0.318 e. The summed E-state index contributed by atoms with van der Waals surface area (Å²) < 4.78 is 19.8. The van der Waals surface area contributed by atoms with Crippen LogP contribution in [0.25, 0.3) is 10.8 Å². The molecule has 1 atom stereocenters. The second-order valence-electron chi connectivity index (χ2n) is 10.9. The van der Waals surface area contributed by atoms with Crippen molar-refractivity contribution < 1.29 is 13.9 Å². The fourth-order valence-electron chi connectivity index (χ4n) is 5.76. The summed E-state index contributed by atoms with van der Waals surface area (Å²) in [5.41, 5.74) is 4.35. The maximum absolute atomic E-state index is 13.7. The summed E-state index contributed by atoms with van der Waals surface area (Å²) in [5.74, 6) is -1.01. The summed E-state index contributed by atoms with van der Waals surface area (Å²) in [4.78, 5) is 30.0. The first-order valence-electron chi connectivity index (χ1n) is 13.9. The molecular weight excluding hydrogens is 521 g/mol. The van der Waals surface area contributed by atoms with Gasteiger partial charge in [-0.3, -0.25) is 4.79 Å². The number of hydrogen-bond acceptors (Lipinski definition) is 8. The molecule has 2 aliphatic heterocycles. The molecular formula is C31H36FN7O2. The number of amides is 1. The number of piperazine rings is 1. The van der Waals surface area contributed by atoms with Crippen molar-refractivity contribution in [1.29, 1.82) is 5.26 Å². The number of nitrogens with zero attached hydrogens (tertiary/aromatic N) is 7. The van der Waals surface area contributed by atoms with Crippen LogP contribution in [0.2, 0.25) is 0 Å². The number of aromatic nitrogens is 2. The van der Waals surface area contributed by atoms with Crippen LogP contribution in [0.4, 0.5) is 15.9 Å². The van der Waals surface area contributed by atoms with Crippen LogP contribution in [0.1, 0.15) is 23.2 Å². The molecule has 0 N–H and O–H groups in total. The summed E-state index contributed by atoms with van der Waals surface area (Å²) in [5, 5.41) is 11.9. The molecule has 2 aliphatic rings. The molecule has 3 aromatic rings. The molecule has 3 heterocycles. The highest BCUT2D eigenvalue weighted by Gasteiger charge is 2.35. The van der Waals surface area contributed by atoms with Crippen molar-refractivity contribution in [3.8, 4) is 12.1 Å². The summed E-state index contributed by atoms with van der Waals surface area (Å²) in [7, 11) is 3.96. The minimum absolute atomic E-state index is 0.0865. The highest BCUT2D eigenvalue weighted by Crippen LogP contribution is 2.36. The summed E-state index contributed by atoms with van der Waals surface area (Å²) in [6, 6.07) is 14.7. The Morgan fingerprint density at radius 2 is 1.95 bits per heavy atom. The minimum Gasteiger partial charge on any atom is -0.462 e. The van der Waals surface area contributed by atoms with Gasteiger partial charge in [0.25, 0.3) is 5.91 Å². The molecule has 1 saturated heterocycles. The van der Waals surface area contributed by atoms with Gasteiger partial charge >= 0.3 is 6.01 Å². The van der Waals surface area contributed by atoms with E-state index in [0.29, 0.717) is 32.3 Å². The fraction of sp³-hybridized carbons (Fsp3) is 0.419. The van der Waals surface area contributed by atoms with E-state index in [9.17, 15) is 14.4 Å². The molecule has 0 radical (unpaired) electrons. The van der Waals surface area contributed by atoms with Gasteiger partial charge in [-0.1, -0.05) is 36.9 Å². The van der Waals surface area contributed by atoms with Crippen LogP contribution in [0.3, 0.4) is 0 Å². The van der Waals surface area contributed by atoms with Gasteiger partial charge in [0.15, 0.2) is 5.83 Å². The smallest absolute Gasteiger partial charge is 0.318 e. The molecule has 10 heteroatoms. The van der Waals surface area contributed by atoms with Crippen molar-refractivity contribution in [3.63, 3.8) is 0 Å². The van der Waals surface area contributed by atoms with E-state index in [4.69, 9.17) is 14.7 Å². The minimum atomic E-state index is -1.01. The Labute approximate surface area is 240 Å². The number of rotatable bonds is 8. The topological polar surface area (TPSA) is 88.8 Å². The molecule has 0 unspecified atom stereocenters. The van der Waals surface area contributed by atoms with Gasteiger partial charge in [0, 0.05) is 49.4 Å². The van der Waals surface area contributed by atoms with Gasteiger partial charge in [-0.25, -0.2) is 4.39 Å². The van der Waals surface area contributed by atoms with E-state index in [1.165, 1.54) is 26.9 Å². The molecule has 9 nitrogen and oxygen atoms in total. The van der Waals surface area contributed by atoms with Crippen molar-refractivity contribution in [2.24, 2.45) is 0 Å². The van der Waals surface area contributed by atoms with Gasteiger partial charge in [0.1, 0.15) is 12.4 Å². The molecule has 1 aromatic heterocycles. The average molecular weight is 558 g/mol. The zero-order valence-corrected chi connectivity index (χ0v) is 23.9. The average Bonchev–Trinajstić information content (AvgIpc) is 2.96. The molecule has 2 aromatic carbocycles. The lowest BCUT2D eigenvalue weighted by atomic mass is 9.99. The van der Waals surface area contributed by atoms with E-state index in [1.54, 1.807) is 0 Å². The Balaban J connectivity index is 1.49. The van der Waals surface area contributed by atoms with Gasteiger partial charge in [0.2, 0.25) is 0 Å². The van der Waals surface area contributed by atoms with E-state index in [0.717, 1.165) is 36.6 Å². The summed E-state index contributed by atoms with van der Waals surface area (Å²) >= 11 is 0. The van der Waals surface area contributed by atoms with Gasteiger partial charge in [-0.2, -0.15) is 15.2 Å². The Kier molecular flexibility index (Phi) is 8.36. The molecule has 1 fully saturated rings. The second-order valence-corrected chi connectivity index (χ2v) is 10.9. The lowest BCUT2D eigenvalue weighted by Gasteiger charge is -2.42. The van der Waals surface area contributed by atoms with E-state index in [-0.39, 0.29) is 13.0 Å². The van der Waals surface area contributed by atoms with Crippen LogP contribution in [0, 0.1) is 18.3 Å². The third-order valence-electron chi connectivity index (χ3n) is 7.83. The van der Waals surface area contributed by atoms with E-state index < -0.39 is 17.8 Å². The SMILES string of the molecule is C=C(F)C(=O)N1CCN(c2nc(OCCN(C)C)nc3c2CCN(c2cccc4cccc(C)c24)C3)C[C@@H]1CC#N. The number of benzene rings is 2. The highest BCUT2D eigenvalue weighted by atomic mass is 19.1. The van der Waals surface area contributed by atoms with Crippen LogP contribution >= 0.6 is 0 Å². The molecule has 0 aliphatic carbocycles. The van der Waals surface area contributed by atoms with Gasteiger partial charge in [-0.05, 0) is 44.5 Å². The number of carbonyl (C=O) groups excluding carboxylic acids is 1. The van der Waals surface area contributed by atoms with Crippen LogP contribution in [-0.2, 0) is 17.8 Å².